The molecule has 2 rings (SSSR count). The summed E-state index contributed by atoms with van der Waals surface area (Å²) in [5, 5.41) is 11.4. The third kappa shape index (κ3) is 2.10. The van der Waals surface area contributed by atoms with E-state index >= 15 is 0 Å². The van der Waals surface area contributed by atoms with Crippen LogP contribution in [0.15, 0.2) is 30.3 Å². The van der Waals surface area contributed by atoms with E-state index in [1.807, 2.05) is 24.3 Å². The van der Waals surface area contributed by atoms with E-state index in [1.54, 1.807) is 0 Å². The molecule has 18 heavy (non-hydrogen) atoms. The minimum Gasteiger partial charge on any atom is -0.478 e. The van der Waals surface area contributed by atoms with Gasteiger partial charge in [-0.1, -0.05) is 50.6 Å². The predicted octanol–water partition coefficient (Wildman–Crippen LogP) is 4.05. The van der Waals surface area contributed by atoms with Gasteiger partial charge in [0.1, 0.15) is 0 Å². The van der Waals surface area contributed by atoms with Gasteiger partial charge in [0.25, 0.3) is 0 Å². The number of hydrogen-bond acceptors (Lipinski definition) is 1. The highest BCUT2D eigenvalue weighted by atomic mass is 16.4. The Balaban J connectivity index is 2.83. The van der Waals surface area contributed by atoms with Crippen LogP contribution in [-0.2, 0) is 12.8 Å². The highest BCUT2D eigenvalue weighted by molar-refractivity contribution is 6.06. The van der Waals surface area contributed by atoms with Crippen molar-refractivity contribution in [1.29, 1.82) is 0 Å². The minimum atomic E-state index is -0.822. The second kappa shape index (κ2) is 5.21. The molecule has 0 saturated carbocycles. The number of aryl methyl sites for hydroxylation is 2. The Bertz CT molecular complexity index is 585. The zero-order valence-electron chi connectivity index (χ0n) is 10.9. The summed E-state index contributed by atoms with van der Waals surface area (Å²) in [5.74, 6) is -0.822. The fraction of sp³-hybridized carbons (Fsp3) is 0.312. The van der Waals surface area contributed by atoms with Crippen molar-refractivity contribution >= 4 is 16.7 Å². The molecule has 0 aliphatic rings. The summed E-state index contributed by atoms with van der Waals surface area (Å²) < 4.78 is 0. The quantitative estimate of drug-likeness (QED) is 0.878. The van der Waals surface area contributed by atoms with E-state index in [2.05, 4.69) is 19.9 Å². The van der Waals surface area contributed by atoms with Gasteiger partial charge in [-0.3, -0.25) is 0 Å². The molecule has 2 heteroatoms. The predicted molar refractivity (Wildman–Crippen MR) is 74.3 cm³/mol. The monoisotopic (exact) mass is 242 g/mol. The van der Waals surface area contributed by atoms with Crippen molar-refractivity contribution in [2.45, 2.75) is 33.1 Å². The molecule has 0 unspecified atom stereocenters. The molecule has 0 amide bonds. The van der Waals surface area contributed by atoms with Crippen LogP contribution in [0.25, 0.3) is 10.8 Å². The summed E-state index contributed by atoms with van der Waals surface area (Å²) >= 11 is 0. The van der Waals surface area contributed by atoms with E-state index in [9.17, 15) is 9.90 Å². The summed E-state index contributed by atoms with van der Waals surface area (Å²) in [6, 6.07) is 9.86. The molecule has 2 aromatic carbocycles. The Labute approximate surface area is 107 Å². The number of hydrogen-bond donors (Lipinski definition) is 1. The maximum atomic E-state index is 11.5. The Morgan fingerprint density at radius 3 is 2.33 bits per heavy atom. The lowest BCUT2D eigenvalue weighted by molar-refractivity contribution is 0.0698. The lowest BCUT2D eigenvalue weighted by Crippen LogP contribution is -2.05. The van der Waals surface area contributed by atoms with Gasteiger partial charge in [-0.2, -0.15) is 0 Å². The molecular formula is C16H18O2. The molecule has 2 aromatic rings. The van der Waals surface area contributed by atoms with Crippen molar-refractivity contribution < 1.29 is 9.90 Å². The first-order valence-corrected chi connectivity index (χ1v) is 6.45. The van der Waals surface area contributed by atoms with Crippen LogP contribution in [0.5, 0.6) is 0 Å². The molecule has 0 atom stereocenters. The maximum Gasteiger partial charge on any atom is 0.336 e. The lowest BCUT2D eigenvalue weighted by Gasteiger charge is -2.13. The maximum absolute atomic E-state index is 11.5. The summed E-state index contributed by atoms with van der Waals surface area (Å²) in [6.07, 6.45) is 2.71. The van der Waals surface area contributed by atoms with Crippen LogP contribution in [0, 0.1) is 0 Å². The summed E-state index contributed by atoms with van der Waals surface area (Å²) in [6.45, 7) is 4.18. The van der Waals surface area contributed by atoms with Gasteiger partial charge in [-0.25, -0.2) is 4.79 Å². The second-order valence-electron chi connectivity index (χ2n) is 4.52. The van der Waals surface area contributed by atoms with Crippen molar-refractivity contribution in [2.75, 3.05) is 0 Å². The van der Waals surface area contributed by atoms with Gasteiger partial charge in [0.05, 0.1) is 5.56 Å². The number of carboxylic acids is 1. The summed E-state index contributed by atoms with van der Waals surface area (Å²) in [4.78, 5) is 11.5. The highest BCUT2D eigenvalue weighted by Gasteiger charge is 2.15. The first kappa shape index (κ1) is 12.6. The molecule has 0 saturated heterocycles. The standard InChI is InChI=1S/C16H18O2/c1-3-7-12-10-11(4-2)13-8-5-6-9-14(13)15(12)16(17)18/h5-6,8-10H,3-4,7H2,1-2H3,(H,17,18). The molecule has 0 fully saturated rings. The summed E-state index contributed by atoms with van der Waals surface area (Å²) in [5.41, 5.74) is 2.67. The van der Waals surface area contributed by atoms with Crippen molar-refractivity contribution in [3.05, 3.63) is 47.0 Å². The molecular weight excluding hydrogens is 224 g/mol. The molecule has 0 spiro atoms. The fourth-order valence-corrected chi connectivity index (χ4v) is 2.53. The average Bonchev–Trinajstić information content (AvgIpc) is 2.37. The van der Waals surface area contributed by atoms with Crippen LogP contribution in [0.4, 0.5) is 0 Å². The van der Waals surface area contributed by atoms with Crippen LogP contribution in [0.1, 0.15) is 41.8 Å². The van der Waals surface area contributed by atoms with Gasteiger partial charge in [-0.15, -0.1) is 0 Å². The van der Waals surface area contributed by atoms with Crippen LogP contribution < -0.4 is 0 Å². The van der Waals surface area contributed by atoms with Crippen LogP contribution in [0.3, 0.4) is 0 Å². The molecule has 0 aliphatic heterocycles. The van der Waals surface area contributed by atoms with E-state index in [4.69, 9.17) is 0 Å². The molecule has 0 bridgehead atoms. The molecule has 2 nitrogen and oxygen atoms in total. The smallest absolute Gasteiger partial charge is 0.336 e. The molecule has 0 aromatic heterocycles. The fourth-order valence-electron chi connectivity index (χ4n) is 2.53. The van der Waals surface area contributed by atoms with E-state index in [0.29, 0.717) is 5.56 Å². The number of fused-ring (bicyclic) bond motifs is 1. The van der Waals surface area contributed by atoms with Gasteiger partial charge in [0.2, 0.25) is 0 Å². The highest BCUT2D eigenvalue weighted by Crippen LogP contribution is 2.27. The number of rotatable bonds is 4. The van der Waals surface area contributed by atoms with Crippen LogP contribution in [-0.4, -0.2) is 11.1 Å². The summed E-state index contributed by atoms with van der Waals surface area (Å²) in [7, 11) is 0. The topological polar surface area (TPSA) is 37.3 Å². The molecule has 0 aliphatic carbocycles. The third-order valence-corrected chi connectivity index (χ3v) is 3.33. The van der Waals surface area contributed by atoms with E-state index < -0.39 is 5.97 Å². The zero-order valence-corrected chi connectivity index (χ0v) is 10.9. The Morgan fingerprint density at radius 2 is 1.78 bits per heavy atom. The van der Waals surface area contributed by atoms with Gasteiger partial charge < -0.3 is 5.11 Å². The van der Waals surface area contributed by atoms with Crippen LogP contribution in [0.2, 0.25) is 0 Å². The van der Waals surface area contributed by atoms with Crippen molar-refractivity contribution in [3.8, 4) is 0 Å². The number of carbonyl (C=O) groups is 1. The molecule has 94 valence electrons. The minimum absolute atomic E-state index is 0.477. The normalized spacial score (nSPS) is 10.8. The van der Waals surface area contributed by atoms with Gasteiger partial charge in [0, 0.05) is 0 Å². The third-order valence-electron chi connectivity index (χ3n) is 3.33. The largest absolute Gasteiger partial charge is 0.478 e. The first-order valence-electron chi connectivity index (χ1n) is 6.45. The van der Waals surface area contributed by atoms with E-state index in [-0.39, 0.29) is 0 Å². The van der Waals surface area contributed by atoms with Crippen molar-refractivity contribution in [1.82, 2.24) is 0 Å². The Kier molecular flexibility index (Phi) is 3.66. The lowest BCUT2D eigenvalue weighted by atomic mass is 9.91. The number of carboxylic acid groups (broad SMARTS) is 1. The molecule has 1 N–H and O–H groups in total. The second-order valence-corrected chi connectivity index (χ2v) is 4.52. The van der Waals surface area contributed by atoms with Gasteiger partial charge >= 0.3 is 5.97 Å². The average molecular weight is 242 g/mol. The van der Waals surface area contributed by atoms with E-state index in [1.165, 1.54) is 5.56 Å². The Morgan fingerprint density at radius 1 is 1.11 bits per heavy atom. The molecule has 0 heterocycles. The Hall–Kier alpha value is -1.83. The first-order chi connectivity index (χ1) is 8.69. The number of benzene rings is 2. The molecule has 0 radical (unpaired) electrons. The number of aromatic carboxylic acids is 1. The zero-order chi connectivity index (χ0) is 13.1. The van der Waals surface area contributed by atoms with Crippen molar-refractivity contribution in [2.24, 2.45) is 0 Å². The van der Waals surface area contributed by atoms with Crippen LogP contribution >= 0.6 is 0 Å². The van der Waals surface area contributed by atoms with Crippen molar-refractivity contribution in [3.63, 3.8) is 0 Å². The SMILES string of the molecule is CCCc1cc(CC)c2ccccc2c1C(=O)O. The van der Waals surface area contributed by atoms with E-state index in [0.717, 1.165) is 35.6 Å². The van der Waals surface area contributed by atoms with Gasteiger partial charge in [-0.05, 0) is 34.7 Å². The van der Waals surface area contributed by atoms with Gasteiger partial charge in [0.15, 0.2) is 0 Å².